The van der Waals surface area contributed by atoms with E-state index in [1.807, 2.05) is 38.2 Å². The van der Waals surface area contributed by atoms with Crippen LogP contribution in [0.5, 0.6) is 5.75 Å². The smallest absolute Gasteiger partial charge is 0.149 e. The summed E-state index contributed by atoms with van der Waals surface area (Å²) in [7, 11) is 0. The van der Waals surface area contributed by atoms with E-state index < -0.39 is 5.89 Å². The summed E-state index contributed by atoms with van der Waals surface area (Å²) in [6.45, 7) is 23.8. The number of aromatic nitrogens is 3. The van der Waals surface area contributed by atoms with Gasteiger partial charge in [-0.05, 0) is 121 Å². The Hall–Kier alpha value is -7.04. The van der Waals surface area contributed by atoms with Gasteiger partial charge in [-0.3, -0.25) is 9.55 Å². The summed E-state index contributed by atoms with van der Waals surface area (Å²) in [4.78, 5) is 10.7. The molecule has 0 fully saturated rings. The molecule has 0 amide bonds. The molecule has 0 saturated heterocycles. The van der Waals surface area contributed by atoms with E-state index in [1.54, 1.807) is 0 Å². The van der Waals surface area contributed by atoms with Crippen molar-refractivity contribution in [1.82, 2.24) is 14.5 Å². The average Bonchev–Trinajstić information content (AvgIpc) is 3.70. The summed E-state index contributed by atoms with van der Waals surface area (Å²) >= 11 is 0. The minimum absolute atomic E-state index is 0.172. The molecule has 4 heteroatoms. The fraction of sp³-hybridized carbons (Fsp3) is 0.238. The van der Waals surface area contributed by atoms with E-state index in [2.05, 4.69) is 212 Å². The maximum absolute atomic E-state index is 12.7. The van der Waals surface area contributed by atoms with Gasteiger partial charge in [0.1, 0.15) is 11.6 Å². The van der Waals surface area contributed by atoms with Crippen LogP contribution in [0.2, 0.25) is 0 Å². The molecule has 0 unspecified atom stereocenters. The maximum atomic E-state index is 12.7. The molecule has 7 aromatic carbocycles. The first-order valence-corrected chi connectivity index (χ1v) is 23.5. The lowest BCUT2D eigenvalue weighted by Gasteiger charge is -2.28. The molecule has 2 heterocycles. The standard InChI is InChI=1S/C63H63N3O/c1-40(2)50-38-52(43-26-19-14-20-27-43)57(39-51(50)42-24-17-13-18-25-42)66-56-29-21-28-49(58(56)65-60(66)53-36-48(62(6,7)8)37-54(59(53)67)63(9,10)11)45-32-46(34-47(33-45)61(3,4)5)55-35-44(30-31-64-55)41-22-15-12-16-23-41/h12-40,67H,1-11H3/i40D. The number of para-hydroxylation sites is 1. The monoisotopic (exact) mass is 879 g/mol. The molecule has 0 radical (unpaired) electrons. The van der Waals surface area contributed by atoms with Gasteiger partial charge < -0.3 is 5.11 Å². The predicted octanol–water partition coefficient (Wildman–Crippen LogP) is 17.1. The molecule has 0 saturated carbocycles. The lowest BCUT2D eigenvalue weighted by Crippen LogP contribution is -2.17. The number of nitrogens with zero attached hydrogens (tertiary/aromatic N) is 3. The summed E-state index contributed by atoms with van der Waals surface area (Å²) in [5, 5.41) is 12.7. The van der Waals surface area contributed by atoms with Gasteiger partial charge in [0.05, 0.1) is 28.0 Å². The van der Waals surface area contributed by atoms with Crippen molar-refractivity contribution in [3.8, 4) is 78.6 Å². The highest BCUT2D eigenvalue weighted by Crippen LogP contribution is 2.47. The van der Waals surface area contributed by atoms with Crippen molar-refractivity contribution in [1.29, 1.82) is 0 Å². The van der Waals surface area contributed by atoms with Gasteiger partial charge in [0.15, 0.2) is 0 Å². The van der Waals surface area contributed by atoms with Crippen LogP contribution < -0.4 is 0 Å². The highest BCUT2D eigenvalue weighted by molar-refractivity contribution is 5.98. The topological polar surface area (TPSA) is 50.9 Å². The Morgan fingerprint density at radius 2 is 1.07 bits per heavy atom. The van der Waals surface area contributed by atoms with E-state index in [4.69, 9.17) is 9.97 Å². The van der Waals surface area contributed by atoms with Gasteiger partial charge in [0.2, 0.25) is 0 Å². The molecule has 4 nitrogen and oxygen atoms in total. The molecule has 0 aliphatic heterocycles. The van der Waals surface area contributed by atoms with E-state index in [0.29, 0.717) is 11.4 Å². The van der Waals surface area contributed by atoms with E-state index in [1.165, 1.54) is 5.56 Å². The van der Waals surface area contributed by atoms with Crippen molar-refractivity contribution in [2.75, 3.05) is 0 Å². The number of pyridine rings is 1. The predicted molar refractivity (Wildman–Crippen MR) is 283 cm³/mol. The number of phenols is 1. The first-order valence-electron chi connectivity index (χ1n) is 24.0. The van der Waals surface area contributed by atoms with Crippen molar-refractivity contribution in [2.24, 2.45) is 0 Å². The number of rotatable bonds is 8. The molecule has 1 N–H and O–H groups in total. The molecule has 0 spiro atoms. The number of hydrogen-bond donors (Lipinski definition) is 1. The van der Waals surface area contributed by atoms with Gasteiger partial charge in [-0.15, -0.1) is 0 Å². The molecule has 0 bridgehead atoms. The zero-order chi connectivity index (χ0) is 48.3. The lowest BCUT2D eigenvalue weighted by molar-refractivity contribution is 0.446. The molecular weight excluding hydrogens is 815 g/mol. The third-order valence-electron chi connectivity index (χ3n) is 13.1. The molecule has 2 aromatic heterocycles. The minimum Gasteiger partial charge on any atom is -0.507 e. The summed E-state index contributed by atoms with van der Waals surface area (Å²) < 4.78 is 11.8. The lowest BCUT2D eigenvalue weighted by atomic mass is 9.79. The SMILES string of the molecule is [2H]C(C)(C)c1cc(-c2ccccc2)c(-n2c(-c3cc(C(C)(C)C)cc(C(C)(C)C)c3O)nc3c(-c4cc(-c5cc(-c6ccccc6)ccn5)cc(C(C)(C)C)c4)cccc32)cc1-c1ccccc1. The Kier molecular flexibility index (Phi) is 11.3. The Bertz CT molecular complexity index is 3300. The van der Waals surface area contributed by atoms with E-state index in [-0.39, 0.29) is 22.0 Å². The molecule has 9 rings (SSSR count). The van der Waals surface area contributed by atoms with Gasteiger partial charge in [-0.25, -0.2) is 4.98 Å². The van der Waals surface area contributed by atoms with Crippen LogP contribution in [-0.2, 0) is 16.2 Å². The van der Waals surface area contributed by atoms with Gasteiger partial charge in [0.25, 0.3) is 0 Å². The Morgan fingerprint density at radius 1 is 0.493 bits per heavy atom. The molecule has 67 heavy (non-hydrogen) atoms. The molecular formula is C63H63N3O. The van der Waals surface area contributed by atoms with E-state index in [9.17, 15) is 6.48 Å². The van der Waals surface area contributed by atoms with Crippen molar-refractivity contribution in [2.45, 2.75) is 98.3 Å². The summed E-state index contributed by atoms with van der Waals surface area (Å²) in [5.41, 5.74) is 16.8. The number of hydrogen-bond acceptors (Lipinski definition) is 3. The fourth-order valence-corrected chi connectivity index (χ4v) is 9.22. The second kappa shape index (κ2) is 17.3. The van der Waals surface area contributed by atoms with Crippen LogP contribution in [0.25, 0.3) is 83.9 Å². The van der Waals surface area contributed by atoms with E-state index in [0.717, 1.165) is 89.2 Å². The summed E-state index contributed by atoms with van der Waals surface area (Å²) in [6, 6.07) is 57.6. The zero-order valence-electron chi connectivity index (χ0n) is 42.0. The number of imidazole rings is 1. The Labute approximate surface area is 399 Å². The normalized spacial score (nSPS) is 12.7. The fourth-order valence-electron chi connectivity index (χ4n) is 9.22. The van der Waals surface area contributed by atoms with Gasteiger partial charge in [-0.2, -0.15) is 0 Å². The number of aromatic hydroxyl groups is 1. The van der Waals surface area contributed by atoms with Crippen LogP contribution in [0.4, 0.5) is 0 Å². The number of fused-ring (bicyclic) bond motifs is 1. The highest BCUT2D eigenvalue weighted by atomic mass is 16.3. The summed E-state index contributed by atoms with van der Waals surface area (Å²) in [5.74, 6) is -0.0645. The van der Waals surface area contributed by atoms with Gasteiger partial charge >= 0.3 is 0 Å². The van der Waals surface area contributed by atoms with Crippen molar-refractivity contribution in [3.05, 3.63) is 192 Å². The third kappa shape index (κ3) is 8.86. The van der Waals surface area contributed by atoms with Crippen LogP contribution in [0.1, 0.15) is 106 Å². The molecule has 9 aromatic rings. The first kappa shape index (κ1) is 43.8. The second-order valence-corrected chi connectivity index (χ2v) is 21.4. The van der Waals surface area contributed by atoms with Gasteiger partial charge in [0, 0.05) is 29.8 Å². The first-order chi connectivity index (χ1) is 32.2. The Balaban J connectivity index is 1.41. The second-order valence-electron chi connectivity index (χ2n) is 21.4. The largest absolute Gasteiger partial charge is 0.507 e. The average molecular weight is 879 g/mol. The van der Waals surface area contributed by atoms with Crippen LogP contribution in [0, 0.1) is 0 Å². The maximum Gasteiger partial charge on any atom is 0.149 e. The van der Waals surface area contributed by atoms with Crippen molar-refractivity contribution in [3.63, 3.8) is 0 Å². The van der Waals surface area contributed by atoms with E-state index >= 15 is 0 Å². The molecule has 0 atom stereocenters. The van der Waals surface area contributed by atoms with Crippen LogP contribution >= 0.6 is 0 Å². The molecule has 336 valence electrons. The van der Waals surface area contributed by atoms with Crippen LogP contribution in [-0.4, -0.2) is 19.6 Å². The minimum atomic E-state index is -0.924. The molecule has 0 aliphatic rings. The molecule has 0 aliphatic carbocycles. The van der Waals surface area contributed by atoms with Crippen LogP contribution in [0.3, 0.4) is 0 Å². The Morgan fingerprint density at radius 3 is 1.67 bits per heavy atom. The van der Waals surface area contributed by atoms with Crippen LogP contribution in [0.15, 0.2) is 170 Å². The number of benzene rings is 7. The number of phenolic OH excluding ortho intramolecular Hbond substituents is 1. The zero-order valence-corrected chi connectivity index (χ0v) is 41.0. The summed E-state index contributed by atoms with van der Waals surface area (Å²) in [6.07, 6.45) is 1.90. The highest BCUT2D eigenvalue weighted by Gasteiger charge is 2.30. The van der Waals surface area contributed by atoms with Crippen molar-refractivity contribution < 1.29 is 6.48 Å². The van der Waals surface area contributed by atoms with Gasteiger partial charge in [-0.1, -0.05) is 191 Å². The third-order valence-corrected chi connectivity index (χ3v) is 13.1. The quantitative estimate of drug-likeness (QED) is 0.165. The van der Waals surface area contributed by atoms with Crippen molar-refractivity contribution >= 4 is 11.0 Å².